The molecule has 0 bridgehead atoms. The molecule has 0 spiro atoms. The van der Waals surface area contributed by atoms with Crippen molar-refractivity contribution in [1.82, 2.24) is 19.3 Å². The standard InChI is InChI=1S/C27H25N5O2S/c33-25(28-20-11-9-19(10-12-20)17-31-13-15-34-16-14-31)18-35-27-30-22-6-2-1-5-21(22)26-29-23-7-3-4-8-24(23)32(26)27/h1-12H,13-18H2,(H,28,33). The van der Waals surface area contributed by atoms with Crippen molar-refractivity contribution in [3.8, 4) is 0 Å². The zero-order valence-corrected chi connectivity index (χ0v) is 20.0. The summed E-state index contributed by atoms with van der Waals surface area (Å²) in [5.41, 5.74) is 5.65. The normalized spacial score (nSPS) is 14.6. The van der Waals surface area contributed by atoms with Gasteiger partial charge in [-0.15, -0.1) is 0 Å². The van der Waals surface area contributed by atoms with Crippen LogP contribution < -0.4 is 5.32 Å². The van der Waals surface area contributed by atoms with Crippen LogP contribution in [-0.4, -0.2) is 57.2 Å². The fraction of sp³-hybridized carbons (Fsp3) is 0.222. The van der Waals surface area contributed by atoms with E-state index in [-0.39, 0.29) is 11.7 Å². The van der Waals surface area contributed by atoms with E-state index in [1.807, 2.05) is 60.7 Å². The van der Waals surface area contributed by atoms with Crippen LogP contribution in [0.25, 0.3) is 27.6 Å². The van der Waals surface area contributed by atoms with Gasteiger partial charge in [-0.3, -0.25) is 14.1 Å². The molecule has 2 aromatic heterocycles. The smallest absolute Gasteiger partial charge is 0.234 e. The lowest BCUT2D eigenvalue weighted by atomic mass is 10.2. The maximum atomic E-state index is 12.8. The molecular weight excluding hydrogens is 458 g/mol. The third kappa shape index (κ3) is 4.60. The second kappa shape index (κ2) is 9.65. The first-order chi connectivity index (χ1) is 17.2. The first-order valence-corrected chi connectivity index (χ1v) is 12.7. The topological polar surface area (TPSA) is 71.8 Å². The predicted molar refractivity (Wildman–Crippen MR) is 140 cm³/mol. The zero-order chi connectivity index (χ0) is 23.6. The van der Waals surface area contributed by atoms with Crippen LogP contribution in [0.15, 0.2) is 78.0 Å². The van der Waals surface area contributed by atoms with Gasteiger partial charge in [0.2, 0.25) is 5.91 Å². The van der Waals surface area contributed by atoms with Gasteiger partial charge in [0.25, 0.3) is 0 Å². The summed E-state index contributed by atoms with van der Waals surface area (Å²) in [5, 5.41) is 4.76. The number of fused-ring (bicyclic) bond motifs is 5. The minimum absolute atomic E-state index is 0.0662. The van der Waals surface area contributed by atoms with E-state index >= 15 is 0 Å². The number of morpholine rings is 1. The molecule has 8 heteroatoms. The summed E-state index contributed by atoms with van der Waals surface area (Å²) in [6.45, 7) is 4.39. The number of rotatable bonds is 6. The van der Waals surface area contributed by atoms with Crippen molar-refractivity contribution in [3.63, 3.8) is 0 Å². The molecule has 176 valence electrons. The van der Waals surface area contributed by atoms with Gasteiger partial charge >= 0.3 is 0 Å². The zero-order valence-electron chi connectivity index (χ0n) is 19.2. The molecule has 0 radical (unpaired) electrons. The highest BCUT2D eigenvalue weighted by molar-refractivity contribution is 7.99. The molecular formula is C27H25N5O2S. The molecule has 0 saturated carbocycles. The first-order valence-electron chi connectivity index (χ1n) is 11.7. The Balaban J connectivity index is 1.18. The summed E-state index contributed by atoms with van der Waals surface area (Å²) in [6.07, 6.45) is 0. The second-order valence-electron chi connectivity index (χ2n) is 8.59. The Morgan fingerprint density at radius 2 is 1.66 bits per heavy atom. The Bertz CT molecular complexity index is 1510. The van der Waals surface area contributed by atoms with E-state index in [4.69, 9.17) is 14.7 Å². The van der Waals surface area contributed by atoms with Crippen LogP contribution in [0.5, 0.6) is 0 Å². The van der Waals surface area contributed by atoms with Crippen LogP contribution in [0.4, 0.5) is 5.69 Å². The summed E-state index contributed by atoms with van der Waals surface area (Å²) in [6, 6.07) is 24.1. The maximum absolute atomic E-state index is 12.8. The molecule has 1 N–H and O–H groups in total. The molecule has 1 fully saturated rings. The van der Waals surface area contributed by atoms with Crippen LogP contribution in [0.2, 0.25) is 0 Å². The highest BCUT2D eigenvalue weighted by atomic mass is 32.2. The predicted octanol–water partition coefficient (Wildman–Crippen LogP) is 4.60. The van der Waals surface area contributed by atoms with E-state index in [9.17, 15) is 4.79 Å². The van der Waals surface area contributed by atoms with Gasteiger partial charge in [0.15, 0.2) is 5.16 Å². The molecule has 1 aliphatic heterocycles. The third-order valence-electron chi connectivity index (χ3n) is 6.19. The number of amides is 1. The van der Waals surface area contributed by atoms with Gasteiger partial charge in [0, 0.05) is 30.7 Å². The highest BCUT2D eigenvalue weighted by Crippen LogP contribution is 2.29. The second-order valence-corrected chi connectivity index (χ2v) is 9.54. The Morgan fingerprint density at radius 3 is 2.49 bits per heavy atom. The lowest BCUT2D eigenvalue weighted by molar-refractivity contribution is -0.113. The number of carbonyl (C=O) groups excluding carboxylic acids is 1. The number of anilines is 1. The fourth-order valence-corrected chi connectivity index (χ4v) is 5.26. The average Bonchev–Trinajstić information content (AvgIpc) is 3.29. The van der Waals surface area contributed by atoms with Crippen molar-refractivity contribution in [2.45, 2.75) is 11.7 Å². The number of hydrogen-bond donors (Lipinski definition) is 1. The van der Waals surface area contributed by atoms with Crippen molar-refractivity contribution in [2.24, 2.45) is 0 Å². The first kappa shape index (κ1) is 22.0. The van der Waals surface area contributed by atoms with Crippen LogP contribution in [0, 0.1) is 0 Å². The number of ether oxygens (including phenoxy) is 1. The molecule has 1 aliphatic rings. The van der Waals surface area contributed by atoms with Gasteiger partial charge in [-0.1, -0.05) is 48.2 Å². The molecule has 6 rings (SSSR count). The SMILES string of the molecule is O=C(CSc1nc2ccccc2c2nc3ccccc3n12)Nc1ccc(CN2CCOCC2)cc1. The molecule has 35 heavy (non-hydrogen) atoms. The Morgan fingerprint density at radius 1 is 0.914 bits per heavy atom. The van der Waals surface area contributed by atoms with Crippen molar-refractivity contribution in [2.75, 3.05) is 37.4 Å². The molecule has 0 aliphatic carbocycles. The molecule has 3 heterocycles. The monoisotopic (exact) mass is 483 g/mol. The van der Waals surface area contributed by atoms with Crippen LogP contribution in [0.3, 0.4) is 0 Å². The molecule has 7 nitrogen and oxygen atoms in total. The number of imidazole rings is 1. The molecule has 1 amide bonds. The highest BCUT2D eigenvalue weighted by Gasteiger charge is 2.15. The maximum Gasteiger partial charge on any atom is 0.234 e. The molecule has 1 saturated heterocycles. The van der Waals surface area contributed by atoms with Gasteiger partial charge in [-0.2, -0.15) is 0 Å². The van der Waals surface area contributed by atoms with Gasteiger partial charge in [0.1, 0.15) is 5.65 Å². The minimum atomic E-state index is -0.0662. The van der Waals surface area contributed by atoms with Crippen molar-refractivity contribution in [3.05, 3.63) is 78.4 Å². The van der Waals surface area contributed by atoms with E-state index in [1.165, 1.54) is 17.3 Å². The number of hydrogen-bond acceptors (Lipinski definition) is 6. The summed E-state index contributed by atoms with van der Waals surface area (Å²) in [7, 11) is 0. The average molecular weight is 484 g/mol. The molecule has 0 atom stereocenters. The number of carbonyl (C=O) groups is 1. The van der Waals surface area contributed by atoms with Crippen LogP contribution in [-0.2, 0) is 16.1 Å². The van der Waals surface area contributed by atoms with E-state index in [0.717, 1.165) is 71.3 Å². The minimum Gasteiger partial charge on any atom is -0.379 e. The van der Waals surface area contributed by atoms with Gasteiger partial charge < -0.3 is 10.1 Å². The Hall–Kier alpha value is -3.46. The van der Waals surface area contributed by atoms with Crippen molar-refractivity contribution >= 4 is 50.9 Å². The summed E-state index contributed by atoms with van der Waals surface area (Å²) in [4.78, 5) is 24.9. The lowest BCUT2D eigenvalue weighted by Gasteiger charge is -2.26. The fourth-order valence-electron chi connectivity index (χ4n) is 4.45. The number of thioether (sulfide) groups is 1. The number of para-hydroxylation sites is 3. The number of nitrogens with zero attached hydrogens (tertiary/aromatic N) is 4. The number of aromatic nitrogens is 3. The van der Waals surface area contributed by atoms with Crippen LogP contribution in [0.1, 0.15) is 5.56 Å². The van der Waals surface area contributed by atoms with E-state index in [1.54, 1.807) is 0 Å². The Labute approximate surface area is 207 Å². The Kier molecular flexibility index (Phi) is 6.08. The quantitative estimate of drug-likeness (QED) is 0.281. The molecule has 5 aromatic rings. The summed E-state index contributed by atoms with van der Waals surface area (Å²) >= 11 is 1.42. The number of nitrogens with one attached hydrogen (secondary N) is 1. The van der Waals surface area contributed by atoms with Gasteiger partial charge in [-0.25, -0.2) is 9.97 Å². The van der Waals surface area contributed by atoms with E-state index in [2.05, 4.69) is 26.8 Å². The van der Waals surface area contributed by atoms with Gasteiger partial charge in [-0.05, 0) is 42.0 Å². The summed E-state index contributed by atoms with van der Waals surface area (Å²) < 4.78 is 7.47. The van der Waals surface area contributed by atoms with Crippen LogP contribution >= 0.6 is 11.8 Å². The molecule has 3 aromatic carbocycles. The van der Waals surface area contributed by atoms with E-state index in [0.29, 0.717) is 0 Å². The van der Waals surface area contributed by atoms with Gasteiger partial charge in [0.05, 0.1) is 35.5 Å². The largest absolute Gasteiger partial charge is 0.379 e. The third-order valence-corrected chi connectivity index (χ3v) is 7.13. The number of benzene rings is 3. The summed E-state index contributed by atoms with van der Waals surface area (Å²) in [5.74, 6) is 0.186. The lowest BCUT2D eigenvalue weighted by Crippen LogP contribution is -2.35. The van der Waals surface area contributed by atoms with Crippen molar-refractivity contribution in [1.29, 1.82) is 0 Å². The van der Waals surface area contributed by atoms with Crippen molar-refractivity contribution < 1.29 is 9.53 Å². The molecule has 0 unspecified atom stereocenters. The van der Waals surface area contributed by atoms with E-state index < -0.39 is 0 Å².